The highest BCUT2D eigenvalue weighted by Crippen LogP contribution is 2.39. The zero-order valence-electron chi connectivity index (χ0n) is 10.7. The number of rotatable bonds is 6. The quantitative estimate of drug-likeness (QED) is 0.240. The summed E-state index contributed by atoms with van der Waals surface area (Å²) in [6, 6.07) is 1.34. The fraction of sp³-hybridized carbons (Fsp3) is 0.167. The van der Waals surface area contributed by atoms with Gasteiger partial charge < -0.3 is 31.9 Å². The second-order valence-electron chi connectivity index (χ2n) is 4.01. The third-order valence-corrected chi connectivity index (χ3v) is 3.67. The Morgan fingerprint density at radius 1 is 1.29 bits per heavy atom. The predicted octanol–water partition coefficient (Wildman–Crippen LogP) is -0.0140. The lowest BCUT2D eigenvalue weighted by atomic mass is 10.1. The van der Waals surface area contributed by atoms with Crippen molar-refractivity contribution in [2.45, 2.75) is 10.9 Å². The van der Waals surface area contributed by atoms with E-state index in [1.807, 2.05) is 0 Å². The predicted molar refractivity (Wildman–Crippen MR) is 75.9 cm³/mol. The highest BCUT2D eigenvalue weighted by molar-refractivity contribution is 7.99. The molecular weight excluding hydrogens is 300 g/mol. The molecule has 1 rings (SSSR count). The lowest BCUT2D eigenvalue weighted by Crippen LogP contribution is -2.32. The lowest BCUT2D eigenvalue weighted by Gasteiger charge is -2.12. The molecule has 0 bridgehead atoms. The van der Waals surface area contributed by atoms with Crippen molar-refractivity contribution in [3.05, 3.63) is 23.4 Å². The van der Waals surface area contributed by atoms with Gasteiger partial charge in [-0.05, 0) is 23.8 Å². The fourth-order valence-electron chi connectivity index (χ4n) is 1.32. The molecule has 1 aromatic carbocycles. The van der Waals surface area contributed by atoms with Crippen molar-refractivity contribution in [2.75, 3.05) is 5.75 Å². The van der Waals surface area contributed by atoms with Crippen molar-refractivity contribution in [2.24, 2.45) is 11.5 Å². The van der Waals surface area contributed by atoms with Crippen LogP contribution in [0.4, 0.5) is 0 Å². The Morgan fingerprint density at radius 2 is 1.90 bits per heavy atom. The molecule has 1 aromatic rings. The average Bonchev–Trinajstić information content (AvgIpc) is 2.41. The second-order valence-corrected chi connectivity index (χ2v) is 5.04. The maximum absolute atomic E-state index is 10.7. The Morgan fingerprint density at radius 3 is 2.43 bits per heavy atom. The Balaban J connectivity index is 3.15. The highest BCUT2D eigenvalue weighted by atomic mass is 32.2. The van der Waals surface area contributed by atoms with Gasteiger partial charge in [0.1, 0.15) is 11.7 Å². The number of carboxylic acid groups (broad SMARTS) is 2. The van der Waals surface area contributed by atoms with Gasteiger partial charge in [0.15, 0.2) is 11.5 Å². The summed E-state index contributed by atoms with van der Waals surface area (Å²) < 4.78 is 0. The molecule has 0 aliphatic rings. The molecule has 1 atom stereocenters. The summed E-state index contributed by atoms with van der Waals surface area (Å²) in [6.45, 7) is 0. The van der Waals surface area contributed by atoms with E-state index in [1.165, 1.54) is 6.07 Å². The molecule has 9 heteroatoms. The number of phenols is 2. The van der Waals surface area contributed by atoms with Gasteiger partial charge in [-0.25, -0.2) is 4.79 Å². The topological polar surface area (TPSA) is 167 Å². The summed E-state index contributed by atoms with van der Waals surface area (Å²) in [6.07, 6.45) is 1.09. The number of benzene rings is 1. The monoisotopic (exact) mass is 314 g/mol. The smallest absolute Gasteiger partial charge is 0.351 e. The average molecular weight is 314 g/mol. The van der Waals surface area contributed by atoms with E-state index in [-0.39, 0.29) is 16.2 Å². The van der Waals surface area contributed by atoms with Crippen molar-refractivity contribution in [1.82, 2.24) is 0 Å². The Labute approximate surface area is 123 Å². The molecule has 21 heavy (non-hydrogen) atoms. The molecule has 0 radical (unpaired) electrons. The SMILES string of the molecule is N/C(=C\c1ccc(O)c(O)c1SC[C@H](N)C(=O)O)C(=O)O. The largest absolute Gasteiger partial charge is 0.504 e. The molecule has 0 aliphatic carbocycles. The van der Waals surface area contributed by atoms with Crippen LogP contribution in [0.15, 0.2) is 22.7 Å². The van der Waals surface area contributed by atoms with E-state index in [1.54, 1.807) is 0 Å². The first-order chi connectivity index (χ1) is 9.73. The number of carbonyl (C=O) groups is 2. The Bertz CT molecular complexity index is 602. The molecule has 0 aliphatic heterocycles. The van der Waals surface area contributed by atoms with Gasteiger partial charge >= 0.3 is 11.9 Å². The molecule has 0 saturated carbocycles. The first kappa shape index (κ1) is 16.7. The minimum absolute atomic E-state index is 0.0832. The standard InChI is InChI=1S/C12H14N2O6S/c13-6(11(17)18)3-5-1-2-8(15)9(16)10(5)21-4-7(14)12(19)20/h1-3,7,15-16H,4,13-14H2,(H,17,18)(H,19,20)/b6-3-/t7-/m0/s1. The van der Waals surface area contributed by atoms with Gasteiger partial charge in [0.05, 0.1) is 4.90 Å². The number of nitrogens with two attached hydrogens (primary N) is 2. The highest BCUT2D eigenvalue weighted by Gasteiger charge is 2.17. The van der Waals surface area contributed by atoms with Crippen molar-refractivity contribution < 1.29 is 30.0 Å². The van der Waals surface area contributed by atoms with Crippen LogP contribution in [0.2, 0.25) is 0 Å². The summed E-state index contributed by atoms with van der Waals surface area (Å²) in [4.78, 5) is 21.5. The number of phenolic OH excluding ortho intramolecular Hbond substituents is 2. The van der Waals surface area contributed by atoms with E-state index >= 15 is 0 Å². The molecule has 0 unspecified atom stereocenters. The van der Waals surface area contributed by atoms with Gasteiger partial charge in [-0.3, -0.25) is 4.79 Å². The molecule has 8 N–H and O–H groups in total. The molecule has 0 aromatic heterocycles. The minimum atomic E-state index is -1.35. The van der Waals surface area contributed by atoms with Crippen molar-refractivity contribution >= 4 is 29.8 Å². The Hall–Kier alpha value is -2.39. The molecule has 0 amide bonds. The van der Waals surface area contributed by atoms with E-state index in [9.17, 15) is 19.8 Å². The lowest BCUT2D eigenvalue weighted by molar-refractivity contribution is -0.138. The van der Waals surface area contributed by atoms with Gasteiger partial charge in [0, 0.05) is 5.75 Å². The number of thioether (sulfide) groups is 1. The van der Waals surface area contributed by atoms with Crippen molar-refractivity contribution in [3.63, 3.8) is 0 Å². The molecule has 0 saturated heterocycles. The summed E-state index contributed by atoms with van der Waals surface area (Å²) in [5.74, 6) is -3.57. The summed E-state index contributed by atoms with van der Waals surface area (Å²) in [7, 11) is 0. The van der Waals surface area contributed by atoms with Crippen LogP contribution < -0.4 is 11.5 Å². The maximum Gasteiger partial charge on any atom is 0.351 e. The van der Waals surface area contributed by atoms with E-state index < -0.39 is 35.2 Å². The number of aromatic hydroxyl groups is 2. The Kier molecular flexibility index (Phi) is 5.44. The minimum Gasteiger partial charge on any atom is -0.504 e. The van der Waals surface area contributed by atoms with Crippen LogP contribution in [0.1, 0.15) is 5.56 Å². The first-order valence-electron chi connectivity index (χ1n) is 5.60. The van der Waals surface area contributed by atoms with Gasteiger partial charge in [0.25, 0.3) is 0 Å². The zero-order valence-corrected chi connectivity index (χ0v) is 11.5. The number of aliphatic carboxylic acids is 2. The zero-order chi connectivity index (χ0) is 16.2. The normalized spacial score (nSPS) is 12.9. The van der Waals surface area contributed by atoms with Crippen LogP contribution in [0, 0.1) is 0 Å². The number of hydrogen-bond acceptors (Lipinski definition) is 7. The molecular formula is C12H14N2O6S. The van der Waals surface area contributed by atoms with Gasteiger partial charge in [-0.2, -0.15) is 0 Å². The molecule has 0 spiro atoms. The van der Waals surface area contributed by atoms with Crippen molar-refractivity contribution in [1.29, 1.82) is 0 Å². The fourth-order valence-corrected chi connectivity index (χ4v) is 2.34. The third kappa shape index (κ3) is 4.29. The first-order valence-corrected chi connectivity index (χ1v) is 6.59. The molecule has 0 heterocycles. The molecule has 114 valence electrons. The van der Waals surface area contributed by atoms with E-state index in [4.69, 9.17) is 21.7 Å². The van der Waals surface area contributed by atoms with Crippen LogP contribution in [0.3, 0.4) is 0 Å². The van der Waals surface area contributed by atoms with E-state index in [2.05, 4.69) is 0 Å². The molecule has 0 fully saturated rings. The molecule has 8 nitrogen and oxygen atoms in total. The van der Waals surface area contributed by atoms with Crippen LogP contribution >= 0.6 is 11.8 Å². The van der Waals surface area contributed by atoms with Gasteiger partial charge in [-0.15, -0.1) is 11.8 Å². The summed E-state index contributed by atoms with van der Waals surface area (Å²) in [5, 5.41) is 36.7. The van der Waals surface area contributed by atoms with E-state index in [0.717, 1.165) is 23.9 Å². The van der Waals surface area contributed by atoms with E-state index in [0.29, 0.717) is 0 Å². The third-order valence-electron chi connectivity index (χ3n) is 2.42. The van der Waals surface area contributed by atoms with Gasteiger partial charge in [-0.1, -0.05) is 0 Å². The summed E-state index contributed by atoms with van der Waals surface area (Å²) >= 11 is 0.869. The second kappa shape index (κ2) is 6.86. The maximum atomic E-state index is 10.7. The van der Waals surface area contributed by atoms with Crippen molar-refractivity contribution in [3.8, 4) is 11.5 Å². The van der Waals surface area contributed by atoms with Crippen LogP contribution in [-0.4, -0.2) is 44.2 Å². The van der Waals surface area contributed by atoms with Gasteiger partial charge in [0.2, 0.25) is 0 Å². The van der Waals surface area contributed by atoms with Crippen LogP contribution in [-0.2, 0) is 9.59 Å². The van der Waals surface area contributed by atoms with Crippen LogP contribution in [0.5, 0.6) is 11.5 Å². The number of hydrogen-bond donors (Lipinski definition) is 6. The number of carboxylic acids is 2. The van der Waals surface area contributed by atoms with Crippen LogP contribution in [0.25, 0.3) is 6.08 Å². The summed E-state index contributed by atoms with van der Waals surface area (Å²) in [5.41, 5.74) is 10.4.